The molecule has 1 unspecified atom stereocenters. The summed E-state index contributed by atoms with van der Waals surface area (Å²) in [7, 11) is 0. The van der Waals surface area contributed by atoms with Crippen molar-refractivity contribution in [3.05, 3.63) is 66.2 Å². The molecule has 0 aliphatic rings. The summed E-state index contributed by atoms with van der Waals surface area (Å²) < 4.78 is 5.18. The van der Waals surface area contributed by atoms with Gasteiger partial charge in [-0.3, -0.25) is 9.59 Å². The summed E-state index contributed by atoms with van der Waals surface area (Å²) in [5, 5.41) is 9.43. The summed E-state index contributed by atoms with van der Waals surface area (Å²) in [6, 6.07) is 16.7. The minimum atomic E-state index is -1.74. The van der Waals surface area contributed by atoms with E-state index in [-0.39, 0.29) is 0 Å². The molecule has 0 saturated heterocycles. The zero-order valence-electron chi connectivity index (χ0n) is 10.9. The van der Waals surface area contributed by atoms with Crippen LogP contribution in [0.5, 0.6) is 5.75 Å². The standard InChI is InChI=1S/C16H14O4/c1-16(14(17)18,12-8-4-2-5-9-12)15(19)20-13-10-6-3-7-11-13/h2-11H,1H3,(H,17,18). The van der Waals surface area contributed by atoms with Crippen LogP contribution in [0.15, 0.2) is 60.7 Å². The minimum Gasteiger partial charge on any atom is -0.480 e. The smallest absolute Gasteiger partial charge is 0.333 e. The van der Waals surface area contributed by atoms with E-state index >= 15 is 0 Å². The van der Waals surface area contributed by atoms with Gasteiger partial charge in [-0.2, -0.15) is 0 Å². The lowest BCUT2D eigenvalue weighted by atomic mass is 9.82. The molecule has 2 aromatic rings. The average Bonchev–Trinajstić information content (AvgIpc) is 2.48. The first-order valence-electron chi connectivity index (χ1n) is 6.11. The number of carboxylic acid groups (broad SMARTS) is 1. The Kier molecular flexibility index (Phi) is 3.84. The monoisotopic (exact) mass is 270 g/mol. The Hall–Kier alpha value is -2.62. The third-order valence-corrected chi connectivity index (χ3v) is 3.14. The molecule has 0 radical (unpaired) electrons. The number of carbonyl (C=O) groups is 2. The summed E-state index contributed by atoms with van der Waals surface area (Å²) in [6.45, 7) is 1.34. The Labute approximate surface area is 116 Å². The maximum Gasteiger partial charge on any atom is 0.333 e. The van der Waals surface area contributed by atoms with Gasteiger partial charge in [0.05, 0.1) is 0 Å². The fourth-order valence-corrected chi connectivity index (χ4v) is 1.80. The topological polar surface area (TPSA) is 63.6 Å². The first-order valence-corrected chi connectivity index (χ1v) is 6.11. The molecule has 0 aliphatic carbocycles. The first-order chi connectivity index (χ1) is 9.55. The molecular formula is C16H14O4. The largest absolute Gasteiger partial charge is 0.480 e. The van der Waals surface area contributed by atoms with Crippen molar-refractivity contribution in [2.45, 2.75) is 12.3 Å². The molecule has 1 atom stereocenters. The van der Waals surface area contributed by atoms with Gasteiger partial charge in [-0.25, -0.2) is 0 Å². The van der Waals surface area contributed by atoms with Gasteiger partial charge in [-0.15, -0.1) is 0 Å². The van der Waals surface area contributed by atoms with Crippen LogP contribution in [-0.4, -0.2) is 17.0 Å². The summed E-state index contributed by atoms with van der Waals surface area (Å²) in [5.74, 6) is -1.74. The summed E-state index contributed by atoms with van der Waals surface area (Å²) >= 11 is 0. The lowest BCUT2D eigenvalue weighted by Gasteiger charge is -2.23. The van der Waals surface area contributed by atoms with E-state index in [1.165, 1.54) is 6.92 Å². The minimum absolute atomic E-state index is 0.320. The molecule has 0 bridgehead atoms. The highest BCUT2D eigenvalue weighted by Crippen LogP contribution is 2.26. The van der Waals surface area contributed by atoms with E-state index in [0.29, 0.717) is 11.3 Å². The van der Waals surface area contributed by atoms with Crippen LogP contribution in [0, 0.1) is 0 Å². The van der Waals surface area contributed by atoms with Gasteiger partial charge in [-0.1, -0.05) is 48.5 Å². The van der Waals surface area contributed by atoms with Crippen LogP contribution in [0.1, 0.15) is 12.5 Å². The van der Waals surface area contributed by atoms with Gasteiger partial charge >= 0.3 is 11.9 Å². The quantitative estimate of drug-likeness (QED) is 0.527. The van der Waals surface area contributed by atoms with Crippen LogP contribution in [0.4, 0.5) is 0 Å². The molecule has 4 heteroatoms. The van der Waals surface area contributed by atoms with Crippen molar-refractivity contribution in [1.29, 1.82) is 0 Å². The van der Waals surface area contributed by atoms with E-state index in [0.717, 1.165) is 0 Å². The molecule has 20 heavy (non-hydrogen) atoms. The Balaban J connectivity index is 2.34. The van der Waals surface area contributed by atoms with Crippen molar-refractivity contribution in [1.82, 2.24) is 0 Å². The molecule has 1 N–H and O–H groups in total. The molecule has 2 rings (SSSR count). The van der Waals surface area contributed by atoms with Gasteiger partial charge in [0.1, 0.15) is 5.75 Å². The molecule has 0 aliphatic heterocycles. The molecule has 0 heterocycles. The predicted octanol–water partition coefficient (Wildman–Crippen LogP) is 2.63. The second-order valence-electron chi connectivity index (χ2n) is 4.50. The second-order valence-corrected chi connectivity index (χ2v) is 4.50. The maximum absolute atomic E-state index is 12.3. The van der Waals surface area contributed by atoms with Crippen LogP contribution in [0.2, 0.25) is 0 Å². The van der Waals surface area contributed by atoms with E-state index in [4.69, 9.17) is 4.74 Å². The van der Waals surface area contributed by atoms with Gasteiger partial charge in [0.15, 0.2) is 5.41 Å². The number of ether oxygens (including phenoxy) is 1. The number of hydrogen-bond acceptors (Lipinski definition) is 3. The van der Waals surface area contributed by atoms with Crippen molar-refractivity contribution in [3.8, 4) is 5.75 Å². The van der Waals surface area contributed by atoms with Crippen LogP contribution in [0.25, 0.3) is 0 Å². The third-order valence-electron chi connectivity index (χ3n) is 3.14. The summed E-state index contributed by atoms with van der Waals surface area (Å²) in [6.07, 6.45) is 0. The van der Waals surface area contributed by atoms with Crippen LogP contribution in [-0.2, 0) is 15.0 Å². The van der Waals surface area contributed by atoms with Crippen LogP contribution >= 0.6 is 0 Å². The molecule has 2 aromatic carbocycles. The van der Waals surface area contributed by atoms with E-state index in [1.807, 2.05) is 0 Å². The number of rotatable bonds is 4. The molecular weight excluding hydrogens is 256 g/mol. The van der Waals surface area contributed by atoms with Crippen molar-refractivity contribution in [2.24, 2.45) is 0 Å². The average molecular weight is 270 g/mol. The van der Waals surface area contributed by atoms with Crippen molar-refractivity contribution in [2.75, 3.05) is 0 Å². The van der Waals surface area contributed by atoms with Crippen LogP contribution in [0.3, 0.4) is 0 Å². The highest BCUT2D eigenvalue weighted by Gasteiger charge is 2.45. The van der Waals surface area contributed by atoms with E-state index in [1.54, 1.807) is 60.7 Å². The number of hydrogen-bond donors (Lipinski definition) is 1. The number of carbonyl (C=O) groups excluding carboxylic acids is 1. The van der Waals surface area contributed by atoms with Crippen molar-refractivity contribution >= 4 is 11.9 Å². The van der Waals surface area contributed by atoms with Gasteiger partial charge in [-0.05, 0) is 24.6 Å². The van der Waals surface area contributed by atoms with Gasteiger partial charge in [0, 0.05) is 0 Å². The fourth-order valence-electron chi connectivity index (χ4n) is 1.80. The second kappa shape index (κ2) is 5.57. The van der Waals surface area contributed by atoms with Gasteiger partial charge in [0.2, 0.25) is 0 Å². The van der Waals surface area contributed by atoms with E-state index < -0.39 is 17.4 Å². The maximum atomic E-state index is 12.3. The Morgan fingerprint density at radius 3 is 1.95 bits per heavy atom. The normalized spacial score (nSPS) is 13.2. The number of benzene rings is 2. The number of esters is 1. The molecule has 0 saturated carbocycles. The molecule has 102 valence electrons. The lowest BCUT2D eigenvalue weighted by Crippen LogP contribution is -2.43. The Morgan fingerprint density at radius 2 is 1.45 bits per heavy atom. The fraction of sp³-hybridized carbons (Fsp3) is 0.125. The highest BCUT2D eigenvalue weighted by atomic mass is 16.5. The summed E-state index contributed by atoms with van der Waals surface area (Å²) in [4.78, 5) is 23.8. The Bertz CT molecular complexity index is 607. The van der Waals surface area contributed by atoms with Crippen molar-refractivity contribution in [3.63, 3.8) is 0 Å². The molecule has 0 spiro atoms. The summed E-state index contributed by atoms with van der Waals surface area (Å²) in [5.41, 5.74) is -1.36. The van der Waals surface area contributed by atoms with Crippen LogP contribution < -0.4 is 4.74 Å². The third kappa shape index (κ3) is 2.54. The van der Waals surface area contributed by atoms with Crippen molar-refractivity contribution < 1.29 is 19.4 Å². The highest BCUT2D eigenvalue weighted by molar-refractivity contribution is 6.05. The zero-order valence-corrected chi connectivity index (χ0v) is 10.9. The lowest BCUT2D eigenvalue weighted by molar-refractivity contribution is -0.155. The number of aliphatic carboxylic acids is 1. The number of carboxylic acids is 1. The molecule has 0 aromatic heterocycles. The zero-order chi connectivity index (χ0) is 14.6. The van der Waals surface area contributed by atoms with Gasteiger partial charge < -0.3 is 9.84 Å². The SMILES string of the molecule is CC(C(=O)O)(C(=O)Oc1ccccc1)c1ccccc1. The predicted molar refractivity (Wildman–Crippen MR) is 73.5 cm³/mol. The molecule has 4 nitrogen and oxygen atoms in total. The molecule has 0 fully saturated rings. The molecule has 0 amide bonds. The van der Waals surface area contributed by atoms with E-state index in [9.17, 15) is 14.7 Å². The van der Waals surface area contributed by atoms with E-state index in [2.05, 4.69) is 0 Å². The van der Waals surface area contributed by atoms with Gasteiger partial charge in [0.25, 0.3) is 0 Å². The number of para-hydroxylation sites is 1. The first kappa shape index (κ1) is 13.8. The Morgan fingerprint density at radius 1 is 0.950 bits per heavy atom.